The zero-order chi connectivity index (χ0) is 29.2. The van der Waals surface area contributed by atoms with E-state index < -0.39 is 0 Å². The highest BCUT2D eigenvalue weighted by Crippen LogP contribution is 2.29. The maximum Gasteiger partial charge on any atom is 0.244 e. The number of rotatable bonds is 10. The molecule has 2 fully saturated rings. The van der Waals surface area contributed by atoms with Crippen molar-refractivity contribution in [2.24, 2.45) is 5.73 Å². The molecular weight excluding hydrogens is 539 g/mol. The molecule has 3 aliphatic rings. The van der Waals surface area contributed by atoms with Crippen LogP contribution in [0.2, 0.25) is 0 Å². The monoisotopic (exact) mass is 576 g/mol. The average molecular weight is 577 g/mol. The van der Waals surface area contributed by atoms with Crippen molar-refractivity contribution < 1.29 is 23.4 Å². The number of halogens is 1. The van der Waals surface area contributed by atoms with Gasteiger partial charge in [0.1, 0.15) is 30.1 Å². The lowest BCUT2D eigenvalue weighted by Gasteiger charge is -2.37. The lowest BCUT2D eigenvalue weighted by atomic mass is 9.99. The number of amides is 1. The number of carbonyl (C=O) groups excluding carboxylic acids is 1. The van der Waals surface area contributed by atoms with E-state index in [0.29, 0.717) is 41.6 Å². The van der Waals surface area contributed by atoms with E-state index in [1.54, 1.807) is 25.3 Å². The lowest BCUT2D eigenvalue weighted by Crippen LogP contribution is -2.44. The smallest absolute Gasteiger partial charge is 0.244 e. The number of imidazole rings is 1. The molecule has 222 valence electrons. The molecule has 0 bridgehead atoms. The van der Waals surface area contributed by atoms with Crippen LogP contribution >= 0.6 is 0 Å². The van der Waals surface area contributed by atoms with Crippen LogP contribution in [-0.2, 0) is 35.6 Å². The molecule has 1 aromatic carbocycles. The minimum atomic E-state index is -0.364. The van der Waals surface area contributed by atoms with Gasteiger partial charge in [-0.25, -0.2) is 14.4 Å². The fourth-order valence-electron chi connectivity index (χ4n) is 5.86. The highest BCUT2D eigenvalue weighted by molar-refractivity contribution is 5.97. The van der Waals surface area contributed by atoms with Gasteiger partial charge in [0.2, 0.25) is 11.8 Å². The molecule has 0 spiro atoms. The minimum absolute atomic E-state index is 0.0247. The van der Waals surface area contributed by atoms with Gasteiger partial charge in [0.15, 0.2) is 5.82 Å². The Morgan fingerprint density at radius 1 is 1.21 bits per heavy atom. The number of fused-ring (bicyclic) bond motifs is 1. The number of piperidine rings is 1. The Kier molecular flexibility index (Phi) is 8.21. The minimum Gasteiger partial charge on any atom is -0.485 e. The van der Waals surface area contributed by atoms with Crippen molar-refractivity contribution in [3.8, 4) is 11.6 Å². The van der Waals surface area contributed by atoms with Crippen molar-refractivity contribution in [2.45, 2.75) is 83.9 Å². The van der Waals surface area contributed by atoms with Crippen molar-refractivity contribution in [2.75, 3.05) is 13.2 Å². The van der Waals surface area contributed by atoms with Gasteiger partial charge in [-0.15, -0.1) is 0 Å². The molecular formula is C31H37FN6O4. The summed E-state index contributed by atoms with van der Waals surface area (Å²) in [6.45, 7) is 7.27. The molecule has 4 heterocycles. The van der Waals surface area contributed by atoms with Crippen LogP contribution in [0.25, 0.3) is 6.08 Å². The second-order valence-corrected chi connectivity index (χ2v) is 11.4. The Hall–Kier alpha value is -3.83. The molecule has 0 saturated carbocycles. The summed E-state index contributed by atoms with van der Waals surface area (Å²) in [5, 5.41) is 0. The third-order valence-electron chi connectivity index (χ3n) is 8.37. The van der Waals surface area contributed by atoms with Gasteiger partial charge in [-0.3, -0.25) is 9.69 Å². The summed E-state index contributed by atoms with van der Waals surface area (Å²) < 4.78 is 33.4. The summed E-state index contributed by atoms with van der Waals surface area (Å²) in [5.74, 6) is 1.96. The lowest BCUT2D eigenvalue weighted by molar-refractivity contribution is -0.114. The number of likely N-dealkylation sites (tertiary alicyclic amines) is 1. The van der Waals surface area contributed by atoms with Crippen molar-refractivity contribution in [3.63, 3.8) is 0 Å². The summed E-state index contributed by atoms with van der Waals surface area (Å²) in [7, 11) is 0. The number of hydrogen-bond donors (Lipinski definition) is 1. The molecule has 1 amide bonds. The van der Waals surface area contributed by atoms with E-state index in [2.05, 4.69) is 26.4 Å². The zero-order valence-electron chi connectivity index (χ0n) is 24.1. The van der Waals surface area contributed by atoms with E-state index in [0.717, 1.165) is 62.6 Å². The quantitative estimate of drug-likeness (QED) is 0.388. The zero-order valence-corrected chi connectivity index (χ0v) is 24.1. The van der Waals surface area contributed by atoms with Crippen molar-refractivity contribution in [1.29, 1.82) is 0 Å². The molecule has 10 nitrogen and oxygen atoms in total. The van der Waals surface area contributed by atoms with E-state index in [1.807, 2.05) is 6.08 Å². The Morgan fingerprint density at radius 2 is 2.07 bits per heavy atom. The fourth-order valence-corrected chi connectivity index (χ4v) is 5.86. The predicted molar refractivity (Wildman–Crippen MR) is 153 cm³/mol. The van der Waals surface area contributed by atoms with Crippen molar-refractivity contribution >= 4 is 12.0 Å². The van der Waals surface area contributed by atoms with E-state index in [-0.39, 0.29) is 36.6 Å². The summed E-state index contributed by atoms with van der Waals surface area (Å²) in [6, 6.07) is 6.45. The van der Waals surface area contributed by atoms with Gasteiger partial charge in [-0.1, -0.05) is 0 Å². The summed E-state index contributed by atoms with van der Waals surface area (Å²) >= 11 is 0. The van der Waals surface area contributed by atoms with Gasteiger partial charge < -0.3 is 24.5 Å². The van der Waals surface area contributed by atoms with Crippen LogP contribution in [0.4, 0.5) is 4.39 Å². The molecule has 11 heteroatoms. The van der Waals surface area contributed by atoms with Crippen LogP contribution < -0.4 is 15.2 Å². The molecule has 3 aromatic rings. The molecule has 2 saturated heterocycles. The summed E-state index contributed by atoms with van der Waals surface area (Å²) in [6.07, 6.45) is 7.86. The first-order valence-corrected chi connectivity index (χ1v) is 14.6. The first kappa shape index (κ1) is 28.3. The van der Waals surface area contributed by atoms with Crippen LogP contribution in [-0.4, -0.2) is 61.7 Å². The SMILES string of the molecule is Cc1cc(F)ccc1OCc1nccc(O[C@H]2CCN(Cc3nc4c(n3C[C@@H]3CCO3)C=C(C(N)=O)CC4)[C@@H](C)C2)n1. The second-order valence-electron chi connectivity index (χ2n) is 11.4. The highest BCUT2D eigenvalue weighted by atomic mass is 19.1. The van der Waals surface area contributed by atoms with Gasteiger partial charge in [0.05, 0.1) is 30.6 Å². The van der Waals surface area contributed by atoms with Crippen molar-refractivity contribution in [3.05, 3.63) is 70.5 Å². The fraction of sp³-hybridized carbons (Fsp3) is 0.484. The van der Waals surface area contributed by atoms with Crippen LogP contribution in [0.5, 0.6) is 11.6 Å². The Labute approximate surface area is 244 Å². The largest absolute Gasteiger partial charge is 0.485 e. The van der Waals surface area contributed by atoms with Crippen LogP contribution in [0.15, 0.2) is 36.0 Å². The second kappa shape index (κ2) is 12.2. The molecule has 0 radical (unpaired) electrons. The number of benzene rings is 1. The van der Waals surface area contributed by atoms with Crippen LogP contribution in [0.3, 0.4) is 0 Å². The third-order valence-corrected chi connectivity index (χ3v) is 8.37. The average Bonchev–Trinajstić information content (AvgIpc) is 3.28. The maximum absolute atomic E-state index is 13.4. The molecule has 1 aliphatic carbocycles. The molecule has 3 atom stereocenters. The molecule has 0 unspecified atom stereocenters. The van der Waals surface area contributed by atoms with Gasteiger partial charge >= 0.3 is 0 Å². The number of ether oxygens (including phenoxy) is 3. The topological polar surface area (TPSA) is 118 Å². The van der Waals surface area contributed by atoms with E-state index in [9.17, 15) is 9.18 Å². The number of aryl methyl sites for hydroxylation is 2. The predicted octanol–water partition coefficient (Wildman–Crippen LogP) is 3.74. The Morgan fingerprint density at radius 3 is 2.81 bits per heavy atom. The van der Waals surface area contributed by atoms with Crippen LogP contribution in [0.1, 0.15) is 61.2 Å². The van der Waals surface area contributed by atoms with E-state index in [4.69, 9.17) is 24.9 Å². The normalized spacial score (nSPS) is 22.2. The molecule has 2 N–H and O–H groups in total. The number of primary amides is 1. The standard InChI is InChI=1S/C31H37FN6O4/c1-19-13-22(32)4-6-27(19)41-18-28-34-10-7-30(36-28)42-23-8-11-37(20(2)14-23)17-29-35-25-5-3-21(31(33)39)15-26(25)38(29)16-24-9-12-40-24/h4,6-7,10,13,15,20,23-24H,3,5,8-9,11-12,14,16-18H2,1-2H3,(H2,33,39)/t20-,23-,24-/m0/s1. The Balaban J connectivity index is 1.08. The van der Waals surface area contributed by atoms with Crippen LogP contribution in [0, 0.1) is 12.7 Å². The number of carbonyl (C=O) groups is 1. The summed E-state index contributed by atoms with van der Waals surface area (Å²) in [4.78, 5) is 28.2. The Bertz CT molecular complexity index is 1490. The molecule has 2 aromatic heterocycles. The highest BCUT2D eigenvalue weighted by Gasteiger charge is 2.31. The number of hydrogen-bond acceptors (Lipinski definition) is 8. The first-order valence-electron chi connectivity index (χ1n) is 14.6. The van der Waals surface area contributed by atoms with E-state index in [1.165, 1.54) is 12.1 Å². The summed E-state index contributed by atoms with van der Waals surface area (Å²) in [5.41, 5.74) is 8.99. The number of nitrogens with two attached hydrogens (primary N) is 1. The molecule has 42 heavy (non-hydrogen) atoms. The van der Waals surface area contributed by atoms with Gasteiger partial charge in [-0.2, -0.15) is 4.98 Å². The van der Waals surface area contributed by atoms with Gasteiger partial charge in [0, 0.05) is 37.0 Å². The van der Waals surface area contributed by atoms with E-state index >= 15 is 0 Å². The maximum atomic E-state index is 13.4. The van der Waals surface area contributed by atoms with Crippen molar-refractivity contribution in [1.82, 2.24) is 24.4 Å². The first-order chi connectivity index (χ1) is 20.3. The number of aromatic nitrogens is 4. The molecule has 6 rings (SSSR count). The van der Waals surface area contributed by atoms with Gasteiger partial charge in [0.25, 0.3) is 0 Å². The van der Waals surface area contributed by atoms with Gasteiger partial charge in [-0.05, 0) is 75.8 Å². The molecule has 2 aliphatic heterocycles. The number of nitrogens with zero attached hydrogens (tertiary/aromatic N) is 5. The third kappa shape index (κ3) is 6.32.